The number of aliphatic carboxylic acids is 1. The van der Waals surface area contributed by atoms with Crippen LogP contribution in [0.15, 0.2) is 18.2 Å². The number of pyridine rings is 1. The second-order valence-electron chi connectivity index (χ2n) is 3.43. The Morgan fingerprint density at radius 1 is 1.24 bits per heavy atom. The maximum absolute atomic E-state index is 13.4. The third-order valence-electron chi connectivity index (χ3n) is 2.21. The monoisotopic (exact) mass is 241 g/mol. The summed E-state index contributed by atoms with van der Waals surface area (Å²) in [6.07, 6.45) is -0.408. The van der Waals surface area contributed by atoms with Crippen molar-refractivity contribution in [3.05, 3.63) is 41.3 Å². The van der Waals surface area contributed by atoms with E-state index in [1.807, 2.05) is 0 Å². The maximum Gasteiger partial charge on any atom is 0.309 e. The number of nitrogens with zero attached hydrogens (tertiary/aromatic N) is 1. The minimum atomic E-state index is -1.61. The van der Waals surface area contributed by atoms with Gasteiger partial charge in [0.1, 0.15) is 5.52 Å². The van der Waals surface area contributed by atoms with Crippen molar-refractivity contribution in [2.45, 2.75) is 6.42 Å². The van der Waals surface area contributed by atoms with E-state index < -0.39 is 29.8 Å². The van der Waals surface area contributed by atoms with E-state index in [0.29, 0.717) is 0 Å². The molecule has 0 amide bonds. The second-order valence-corrected chi connectivity index (χ2v) is 3.43. The molecule has 2 rings (SSSR count). The van der Waals surface area contributed by atoms with Crippen molar-refractivity contribution in [1.29, 1.82) is 0 Å². The molecule has 88 valence electrons. The van der Waals surface area contributed by atoms with Gasteiger partial charge >= 0.3 is 5.97 Å². The number of hydrogen-bond acceptors (Lipinski definition) is 2. The zero-order chi connectivity index (χ0) is 12.6. The van der Waals surface area contributed by atoms with Crippen LogP contribution in [0, 0.1) is 17.5 Å². The van der Waals surface area contributed by atoms with Crippen molar-refractivity contribution in [2.75, 3.05) is 0 Å². The summed E-state index contributed by atoms with van der Waals surface area (Å²) in [6, 6.07) is 3.44. The van der Waals surface area contributed by atoms with Crippen LogP contribution in [0.3, 0.4) is 0 Å². The largest absolute Gasteiger partial charge is 0.481 e. The van der Waals surface area contributed by atoms with Crippen molar-refractivity contribution in [2.24, 2.45) is 0 Å². The highest BCUT2D eigenvalue weighted by molar-refractivity contribution is 5.80. The molecule has 0 unspecified atom stereocenters. The van der Waals surface area contributed by atoms with E-state index in [0.717, 1.165) is 6.07 Å². The Morgan fingerprint density at radius 2 is 1.94 bits per heavy atom. The molecule has 0 saturated carbocycles. The molecule has 0 atom stereocenters. The number of carbonyl (C=O) groups is 1. The molecule has 2 aromatic rings. The first-order chi connectivity index (χ1) is 7.99. The minimum Gasteiger partial charge on any atom is -0.481 e. The maximum atomic E-state index is 13.4. The number of aromatic nitrogens is 1. The average molecular weight is 241 g/mol. The summed E-state index contributed by atoms with van der Waals surface area (Å²) in [4.78, 5) is 14.1. The van der Waals surface area contributed by atoms with E-state index in [4.69, 9.17) is 5.11 Å². The van der Waals surface area contributed by atoms with Crippen LogP contribution in [0.2, 0.25) is 0 Å². The summed E-state index contributed by atoms with van der Waals surface area (Å²) >= 11 is 0. The van der Waals surface area contributed by atoms with Gasteiger partial charge in [-0.25, -0.2) is 18.2 Å². The lowest BCUT2D eigenvalue weighted by molar-refractivity contribution is -0.136. The van der Waals surface area contributed by atoms with Gasteiger partial charge in [-0.1, -0.05) is 6.07 Å². The van der Waals surface area contributed by atoms with Crippen LogP contribution < -0.4 is 0 Å². The SMILES string of the molecule is O=C(O)Cc1ccc2cc(F)c(F)c(F)c2n1. The number of halogens is 3. The Hall–Kier alpha value is -2.11. The third kappa shape index (κ3) is 2.06. The molecule has 0 spiro atoms. The minimum absolute atomic E-state index is 0.0786. The fourth-order valence-corrected chi connectivity index (χ4v) is 1.46. The van der Waals surface area contributed by atoms with Crippen molar-refractivity contribution >= 4 is 16.9 Å². The zero-order valence-corrected chi connectivity index (χ0v) is 8.38. The van der Waals surface area contributed by atoms with Crippen LogP contribution in [0.1, 0.15) is 5.69 Å². The third-order valence-corrected chi connectivity index (χ3v) is 2.21. The normalized spacial score (nSPS) is 10.8. The summed E-state index contributed by atoms with van der Waals surface area (Å²) in [5, 5.41) is 8.62. The Balaban J connectivity index is 2.64. The highest BCUT2D eigenvalue weighted by atomic mass is 19.2. The summed E-state index contributed by atoms with van der Waals surface area (Å²) in [5.74, 6) is -5.47. The fraction of sp³-hybridized carbons (Fsp3) is 0.0909. The van der Waals surface area contributed by atoms with E-state index in [2.05, 4.69) is 4.98 Å². The van der Waals surface area contributed by atoms with Crippen LogP contribution in [0.25, 0.3) is 10.9 Å². The predicted molar refractivity (Wildman–Crippen MR) is 53.0 cm³/mol. The zero-order valence-electron chi connectivity index (χ0n) is 8.38. The van der Waals surface area contributed by atoms with Gasteiger partial charge < -0.3 is 5.11 Å². The lowest BCUT2D eigenvalue weighted by Crippen LogP contribution is -2.03. The molecule has 1 aromatic heterocycles. The molecule has 3 nitrogen and oxygen atoms in total. The Bertz CT molecular complexity index is 613. The van der Waals surface area contributed by atoms with Gasteiger partial charge in [-0.15, -0.1) is 0 Å². The number of hydrogen-bond donors (Lipinski definition) is 1. The van der Waals surface area contributed by atoms with Gasteiger partial charge in [0.2, 0.25) is 0 Å². The molecule has 0 aliphatic heterocycles. The molecule has 0 bridgehead atoms. The average Bonchev–Trinajstić information content (AvgIpc) is 2.26. The molecular weight excluding hydrogens is 235 g/mol. The molecule has 0 aliphatic carbocycles. The molecule has 17 heavy (non-hydrogen) atoms. The van der Waals surface area contributed by atoms with Crippen molar-refractivity contribution in [3.63, 3.8) is 0 Å². The van der Waals surface area contributed by atoms with Crippen LogP contribution in [-0.4, -0.2) is 16.1 Å². The highest BCUT2D eigenvalue weighted by Crippen LogP contribution is 2.21. The van der Waals surface area contributed by atoms with Crippen molar-refractivity contribution in [1.82, 2.24) is 4.98 Å². The van der Waals surface area contributed by atoms with Crippen LogP contribution in [-0.2, 0) is 11.2 Å². The fourth-order valence-electron chi connectivity index (χ4n) is 1.46. The topological polar surface area (TPSA) is 50.2 Å². The van der Waals surface area contributed by atoms with E-state index in [1.54, 1.807) is 0 Å². The Morgan fingerprint density at radius 3 is 2.59 bits per heavy atom. The lowest BCUT2D eigenvalue weighted by atomic mass is 10.1. The predicted octanol–water partition coefficient (Wildman–Crippen LogP) is 2.28. The Labute approximate surface area is 93.5 Å². The molecule has 1 N–H and O–H groups in total. The summed E-state index contributed by atoms with van der Waals surface area (Å²) in [5.41, 5.74) is -0.294. The molecular formula is C11H6F3NO2. The quantitative estimate of drug-likeness (QED) is 0.820. The molecule has 0 aliphatic rings. The van der Waals surface area contributed by atoms with Gasteiger partial charge in [-0.3, -0.25) is 4.79 Å². The number of fused-ring (bicyclic) bond motifs is 1. The summed E-state index contributed by atoms with van der Waals surface area (Å²) < 4.78 is 39.2. The molecule has 0 fully saturated rings. The van der Waals surface area contributed by atoms with E-state index >= 15 is 0 Å². The first-order valence-electron chi connectivity index (χ1n) is 4.64. The second kappa shape index (κ2) is 4.04. The summed E-state index contributed by atoms with van der Waals surface area (Å²) in [7, 11) is 0. The number of carboxylic acids is 1. The first-order valence-corrected chi connectivity index (χ1v) is 4.64. The first kappa shape index (κ1) is 11.4. The van der Waals surface area contributed by atoms with E-state index in [9.17, 15) is 18.0 Å². The van der Waals surface area contributed by atoms with Gasteiger partial charge in [-0.05, 0) is 12.1 Å². The highest BCUT2D eigenvalue weighted by Gasteiger charge is 2.15. The summed E-state index contributed by atoms with van der Waals surface area (Å²) in [6.45, 7) is 0. The molecule has 6 heteroatoms. The van der Waals surface area contributed by atoms with Gasteiger partial charge in [0.05, 0.1) is 12.1 Å². The van der Waals surface area contributed by atoms with E-state index in [1.165, 1.54) is 12.1 Å². The Kier molecular flexibility index (Phi) is 2.71. The van der Waals surface area contributed by atoms with Gasteiger partial charge in [0, 0.05) is 5.39 Å². The number of benzene rings is 1. The molecule has 0 radical (unpaired) electrons. The molecule has 1 heterocycles. The molecule has 0 saturated heterocycles. The van der Waals surface area contributed by atoms with Crippen molar-refractivity contribution < 1.29 is 23.1 Å². The van der Waals surface area contributed by atoms with Crippen LogP contribution in [0.4, 0.5) is 13.2 Å². The van der Waals surface area contributed by atoms with Crippen molar-refractivity contribution in [3.8, 4) is 0 Å². The van der Waals surface area contributed by atoms with Crippen LogP contribution >= 0.6 is 0 Å². The standard InChI is InChI=1S/C11H6F3NO2/c12-7-3-5-1-2-6(4-8(16)17)15-11(5)10(14)9(7)13/h1-3H,4H2,(H,16,17). The van der Waals surface area contributed by atoms with Gasteiger partial charge in [-0.2, -0.15) is 0 Å². The van der Waals surface area contributed by atoms with Crippen LogP contribution in [0.5, 0.6) is 0 Å². The number of rotatable bonds is 2. The lowest BCUT2D eigenvalue weighted by Gasteiger charge is -2.03. The molecule has 1 aromatic carbocycles. The van der Waals surface area contributed by atoms with E-state index in [-0.39, 0.29) is 16.6 Å². The van der Waals surface area contributed by atoms with Gasteiger partial charge in [0.25, 0.3) is 0 Å². The smallest absolute Gasteiger partial charge is 0.309 e. The number of carboxylic acid groups (broad SMARTS) is 1. The van der Waals surface area contributed by atoms with Gasteiger partial charge in [0.15, 0.2) is 17.5 Å².